The van der Waals surface area contributed by atoms with Crippen LogP contribution in [0.5, 0.6) is 0 Å². The zero-order valence-corrected chi connectivity index (χ0v) is 13.2. The number of benzene rings is 1. The summed E-state index contributed by atoms with van der Waals surface area (Å²) in [5.41, 5.74) is 2.25. The van der Waals surface area contributed by atoms with Crippen LogP contribution in [0.1, 0.15) is 69.1 Å². The van der Waals surface area contributed by atoms with Gasteiger partial charge in [-0.15, -0.1) is 0 Å². The number of hydrogen-bond acceptors (Lipinski definition) is 1. The van der Waals surface area contributed by atoms with Crippen molar-refractivity contribution in [3.05, 3.63) is 33.8 Å². The van der Waals surface area contributed by atoms with E-state index in [1.165, 1.54) is 37.7 Å². The zero-order chi connectivity index (χ0) is 13.4. The lowest BCUT2D eigenvalue weighted by Crippen LogP contribution is -2.00. The van der Waals surface area contributed by atoms with Crippen molar-refractivity contribution >= 4 is 15.9 Å². The maximum atomic E-state index is 10.2. The third-order valence-electron chi connectivity index (χ3n) is 3.42. The third kappa shape index (κ3) is 5.53. The van der Waals surface area contributed by atoms with Gasteiger partial charge in [0, 0.05) is 4.47 Å². The largest absolute Gasteiger partial charge is 0.388 e. The molecule has 0 saturated carbocycles. The minimum absolute atomic E-state index is 0.302. The van der Waals surface area contributed by atoms with Crippen LogP contribution in [0.2, 0.25) is 0 Å². The predicted octanol–water partition coefficient (Wildman–Crippen LogP) is 5.54. The Kier molecular flexibility index (Phi) is 7.60. The Bertz CT molecular complexity index is 349. The molecule has 0 aliphatic heterocycles. The van der Waals surface area contributed by atoms with E-state index in [-0.39, 0.29) is 6.10 Å². The quantitative estimate of drug-likeness (QED) is 0.625. The lowest BCUT2D eigenvalue weighted by molar-refractivity contribution is 0.162. The smallest absolute Gasteiger partial charge is 0.0792 e. The van der Waals surface area contributed by atoms with Gasteiger partial charge in [-0.3, -0.25) is 0 Å². The molecule has 102 valence electrons. The van der Waals surface area contributed by atoms with Crippen LogP contribution in [0.3, 0.4) is 0 Å². The topological polar surface area (TPSA) is 20.2 Å². The fourth-order valence-electron chi connectivity index (χ4n) is 2.29. The fourth-order valence-corrected chi connectivity index (χ4v) is 2.76. The number of aliphatic hydroxyl groups excluding tert-OH is 1. The molecule has 1 aromatic carbocycles. The van der Waals surface area contributed by atoms with E-state index in [1.54, 1.807) is 0 Å². The van der Waals surface area contributed by atoms with Gasteiger partial charge in [0.2, 0.25) is 0 Å². The molecule has 0 fully saturated rings. The van der Waals surface area contributed by atoms with E-state index in [4.69, 9.17) is 0 Å². The summed E-state index contributed by atoms with van der Waals surface area (Å²) in [7, 11) is 0. The van der Waals surface area contributed by atoms with Crippen molar-refractivity contribution in [2.75, 3.05) is 0 Å². The summed E-state index contributed by atoms with van der Waals surface area (Å²) in [5, 5.41) is 10.2. The number of unbranched alkanes of at least 4 members (excludes halogenated alkanes) is 5. The molecular formula is C16H25BrO. The van der Waals surface area contributed by atoms with Gasteiger partial charge in [0.1, 0.15) is 0 Å². The molecule has 0 bridgehead atoms. The van der Waals surface area contributed by atoms with E-state index in [2.05, 4.69) is 35.8 Å². The zero-order valence-electron chi connectivity index (χ0n) is 11.6. The van der Waals surface area contributed by atoms with Crippen LogP contribution in [-0.4, -0.2) is 5.11 Å². The molecule has 1 unspecified atom stereocenters. The minimum atomic E-state index is -0.302. The lowest BCUT2D eigenvalue weighted by Gasteiger charge is -2.14. The summed E-state index contributed by atoms with van der Waals surface area (Å²) in [6, 6.07) is 6.10. The van der Waals surface area contributed by atoms with Gasteiger partial charge in [-0.05, 0) is 36.6 Å². The summed E-state index contributed by atoms with van der Waals surface area (Å²) in [6.07, 6.45) is 8.23. The highest BCUT2D eigenvalue weighted by Crippen LogP contribution is 2.25. The van der Waals surface area contributed by atoms with Crippen molar-refractivity contribution in [3.8, 4) is 0 Å². The molecular weight excluding hydrogens is 288 g/mol. The van der Waals surface area contributed by atoms with E-state index in [0.29, 0.717) is 0 Å². The summed E-state index contributed by atoms with van der Waals surface area (Å²) in [6.45, 7) is 4.30. The van der Waals surface area contributed by atoms with Gasteiger partial charge < -0.3 is 5.11 Å². The summed E-state index contributed by atoms with van der Waals surface area (Å²) >= 11 is 3.45. The summed E-state index contributed by atoms with van der Waals surface area (Å²) in [5.74, 6) is 0. The van der Waals surface area contributed by atoms with E-state index < -0.39 is 0 Å². The second-order valence-corrected chi connectivity index (χ2v) is 5.99. The van der Waals surface area contributed by atoms with Crippen molar-refractivity contribution in [2.24, 2.45) is 0 Å². The lowest BCUT2D eigenvalue weighted by atomic mass is 9.98. The molecule has 1 rings (SSSR count). The second kappa shape index (κ2) is 8.71. The van der Waals surface area contributed by atoms with Crippen molar-refractivity contribution in [1.29, 1.82) is 0 Å². The molecule has 0 spiro atoms. The number of halogens is 1. The Hall–Kier alpha value is -0.340. The number of aryl methyl sites for hydroxylation is 1. The Morgan fingerprint density at radius 1 is 1.11 bits per heavy atom. The van der Waals surface area contributed by atoms with Crippen molar-refractivity contribution in [3.63, 3.8) is 0 Å². The highest BCUT2D eigenvalue weighted by Gasteiger charge is 2.09. The van der Waals surface area contributed by atoms with E-state index in [1.807, 2.05) is 12.1 Å². The van der Waals surface area contributed by atoms with Gasteiger partial charge in [-0.25, -0.2) is 0 Å². The first-order chi connectivity index (χ1) is 8.65. The van der Waals surface area contributed by atoms with Gasteiger partial charge in [0.25, 0.3) is 0 Å². The monoisotopic (exact) mass is 312 g/mol. The molecule has 2 heteroatoms. The first-order valence-electron chi connectivity index (χ1n) is 7.09. The Morgan fingerprint density at radius 3 is 2.44 bits per heavy atom. The molecule has 1 atom stereocenters. The van der Waals surface area contributed by atoms with E-state index in [9.17, 15) is 5.11 Å². The Morgan fingerprint density at radius 2 is 1.78 bits per heavy atom. The number of aliphatic hydroxyl groups is 1. The van der Waals surface area contributed by atoms with Crippen LogP contribution in [0, 0.1) is 6.92 Å². The van der Waals surface area contributed by atoms with E-state index >= 15 is 0 Å². The van der Waals surface area contributed by atoms with Crippen molar-refractivity contribution < 1.29 is 5.11 Å². The molecule has 1 N–H and O–H groups in total. The maximum Gasteiger partial charge on any atom is 0.0792 e. The first kappa shape index (κ1) is 15.7. The average molecular weight is 313 g/mol. The molecule has 0 aliphatic carbocycles. The molecule has 0 aromatic heterocycles. The molecule has 0 heterocycles. The highest BCUT2D eigenvalue weighted by atomic mass is 79.9. The van der Waals surface area contributed by atoms with Crippen molar-refractivity contribution in [1.82, 2.24) is 0 Å². The van der Waals surface area contributed by atoms with E-state index in [0.717, 1.165) is 22.9 Å². The standard InChI is InChI=1S/C16H25BrO/c1-3-4-5-6-7-8-9-16(18)15-11-10-14(17)12-13(15)2/h10-12,16,18H,3-9H2,1-2H3. The molecule has 1 nitrogen and oxygen atoms in total. The second-order valence-electron chi connectivity index (χ2n) is 5.07. The summed E-state index contributed by atoms with van der Waals surface area (Å²) in [4.78, 5) is 0. The SMILES string of the molecule is CCCCCCCCC(O)c1ccc(Br)cc1C. The maximum absolute atomic E-state index is 10.2. The van der Waals surface area contributed by atoms with Crippen LogP contribution >= 0.6 is 15.9 Å². The fraction of sp³-hybridized carbons (Fsp3) is 0.625. The van der Waals surface area contributed by atoms with Gasteiger partial charge in [0.15, 0.2) is 0 Å². The van der Waals surface area contributed by atoms with Gasteiger partial charge in [0.05, 0.1) is 6.10 Å². The molecule has 0 radical (unpaired) electrons. The number of hydrogen-bond donors (Lipinski definition) is 1. The average Bonchev–Trinajstić information content (AvgIpc) is 2.33. The Balaban J connectivity index is 2.29. The highest BCUT2D eigenvalue weighted by molar-refractivity contribution is 9.10. The van der Waals surface area contributed by atoms with Gasteiger partial charge in [-0.2, -0.15) is 0 Å². The molecule has 0 amide bonds. The Labute approximate surface area is 120 Å². The van der Waals surface area contributed by atoms with Gasteiger partial charge in [-0.1, -0.05) is 67.4 Å². The minimum Gasteiger partial charge on any atom is -0.388 e. The predicted molar refractivity (Wildman–Crippen MR) is 81.8 cm³/mol. The third-order valence-corrected chi connectivity index (χ3v) is 3.92. The molecule has 0 aliphatic rings. The van der Waals surface area contributed by atoms with Gasteiger partial charge >= 0.3 is 0 Å². The number of rotatable bonds is 8. The first-order valence-corrected chi connectivity index (χ1v) is 7.88. The van der Waals surface area contributed by atoms with Crippen molar-refractivity contribution in [2.45, 2.75) is 64.9 Å². The summed E-state index contributed by atoms with van der Waals surface area (Å²) < 4.78 is 1.08. The molecule has 1 aromatic rings. The van der Waals surface area contributed by atoms with Crippen LogP contribution in [0.25, 0.3) is 0 Å². The normalized spacial score (nSPS) is 12.7. The molecule has 0 saturated heterocycles. The van der Waals surface area contributed by atoms with Crippen LogP contribution in [0.4, 0.5) is 0 Å². The molecule has 18 heavy (non-hydrogen) atoms. The van der Waals surface area contributed by atoms with Crippen LogP contribution < -0.4 is 0 Å². The van der Waals surface area contributed by atoms with Crippen LogP contribution in [-0.2, 0) is 0 Å². The van der Waals surface area contributed by atoms with Crippen LogP contribution in [0.15, 0.2) is 22.7 Å².